The van der Waals surface area contributed by atoms with Crippen molar-refractivity contribution < 1.29 is 19.2 Å². The van der Waals surface area contributed by atoms with Gasteiger partial charge in [-0.05, 0) is 12.3 Å². The van der Waals surface area contributed by atoms with Gasteiger partial charge in [0.1, 0.15) is 18.0 Å². The monoisotopic (exact) mass is 255 g/mol. The molecule has 0 fully saturated rings. The van der Waals surface area contributed by atoms with Gasteiger partial charge >= 0.3 is 12.0 Å². The van der Waals surface area contributed by atoms with Crippen molar-refractivity contribution in [3.05, 3.63) is 18.0 Å². The lowest BCUT2D eigenvalue weighted by Gasteiger charge is -2.16. The van der Waals surface area contributed by atoms with Crippen LogP contribution in [0.4, 0.5) is 4.79 Å². The Balaban J connectivity index is 2.39. The van der Waals surface area contributed by atoms with E-state index in [1.54, 1.807) is 6.07 Å². The number of urea groups is 1. The molecule has 0 radical (unpaired) electrons. The van der Waals surface area contributed by atoms with E-state index >= 15 is 0 Å². The van der Waals surface area contributed by atoms with Crippen molar-refractivity contribution in [2.45, 2.75) is 32.9 Å². The zero-order valence-electron chi connectivity index (χ0n) is 10.3. The molecule has 0 saturated heterocycles. The van der Waals surface area contributed by atoms with E-state index in [4.69, 9.17) is 5.11 Å². The molecular formula is C11H17N3O4. The number of hydrogen-bond donors (Lipinski definition) is 3. The number of hydrogen-bond acceptors (Lipinski definition) is 4. The van der Waals surface area contributed by atoms with Crippen LogP contribution in [0, 0.1) is 5.92 Å². The third-order valence-corrected chi connectivity index (χ3v) is 2.23. The fourth-order valence-corrected chi connectivity index (χ4v) is 1.40. The molecule has 3 N–H and O–H groups in total. The molecule has 100 valence electrons. The molecule has 0 spiro atoms. The maximum atomic E-state index is 11.5. The molecule has 18 heavy (non-hydrogen) atoms. The molecule has 1 rings (SSSR count). The van der Waals surface area contributed by atoms with Gasteiger partial charge in [0.05, 0.1) is 6.54 Å². The highest BCUT2D eigenvalue weighted by Gasteiger charge is 2.20. The van der Waals surface area contributed by atoms with Crippen LogP contribution < -0.4 is 10.6 Å². The third kappa shape index (κ3) is 4.86. The van der Waals surface area contributed by atoms with E-state index < -0.39 is 18.0 Å². The summed E-state index contributed by atoms with van der Waals surface area (Å²) in [7, 11) is 0. The number of nitrogens with one attached hydrogen (secondary N) is 2. The second kappa shape index (κ2) is 6.63. The molecule has 0 aromatic carbocycles. The van der Waals surface area contributed by atoms with Crippen LogP contribution in [0.3, 0.4) is 0 Å². The SMILES string of the molecule is CC(C)C[C@H](NC(=O)NCc1ccon1)C(=O)O. The summed E-state index contributed by atoms with van der Waals surface area (Å²) in [5.41, 5.74) is 0.570. The summed E-state index contributed by atoms with van der Waals surface area (Å²) in [4.78, 5) is 22.4. The Morgan fingerprint density at radius 3 is 2.72 bits per heavy atom. The van der Waals surface area contributed by atoms with Crippen LogP contribution in [0.5, 0.6) is 0 Å². The highest BCUT2D eigenvalue weighted by molar-refractivity contribution is 5.82. The highest BCUT2D eigenvalue weighted by Crippen LogP contribution is 2.04. The van der Waals surface area contributed by atoms with E-state index in [0.717, 1.165) is 0 Å². The van der Waals surface area contributed by atoms with Gasteiger partial charge in [0, 0.05) is 6.07 Å². The second-order valence-corrected chi connectivity index (χ2v) is 4.34. The van der Waals surface area contributed by atoms with Crippen LogP contribution in [0.25, 0.3) is 0 Å². The Kier molecular flexibility index (Phi) is 5.16. The lowest BCUT2D eigenvalue weighted by Crippen LogP contribution is -2.46. The molecule has 0 bridgehead atoms. The first-order valence-corrected chi connectivity index (χ1v) is 5.65. The lowest BCUT2D eigenvalue weighted by molar-refractivity contribution is -0.139. The largest absolute Gasteiger partial charge is 0.480 e. The second-order valence-electron chi connectivity index (χ2n) is 4.34. The first kappa shape index (κ1) is 14.0. The molecule has 0 saturated carbocycles. The van der Waals surface area contributed by atoms with Crippen molar-refractivity contribution in [3.8, 4) is 0 Å². The van der Waals surface area contributed by atoms with Crippen LogP contribution in [0.15, 0.2) is 16.9 Å². The minimum absolute atomic E-state index is 0.182. The average molecular weight is 255 g/mol. The van der Waals surface area contributed by atoms with E-state index in [1.807, 2.05) is 13.8 Å². The van der Waals surface area contributed by atoms with Gasteiger partial charge in [-0.1, -0.05) is 19.0 Å². The van der Waals surface area contributed by atoms with E-state index in [9.17, 15) is 9.59 Å². The number of nitrogens with zero attached hydrogens (tertiary/aromatic N) is 1. The summed E-state index contributed by atoms with van der Waals surface area (Å²) in [6, 6.07) is 0.191. The predicted molar refractivity (Wildman–Crippen MR) is 62.8 cm³/mol. The number of carbonyl (C=O) groups is 2. The van der Waals surface area contributed by atoms with Gasteiger partial charge < -0.3 is 20.3 Å². The van der Waals surface area contributed by atoms with Crippen molar-refractivity contribution in [1.82, 2.24) is 15.8 Å². The molecule has 0 aliphatic rings. The van der Waals surface area contributed by atoms with Gasteiger partial charge in [0.25, 0.3) is 0 Å². The molecular weight excluding hydrogens is 238 g/mol. The smallest absolute Gasteiger partial charge is 0.326 e. The molecule has 7 heteroatoms. The van der Waals surface area contributed by atoms with Crippen molar-refractivity contribution in [3.63, 3.8) is 0 Å². The van der Waals surface area contributed by atoms with Gasteiger partial charge in [-0.15, -0.1) is 0 Å². The maximum Gasteiger partial charge on any atom is 0.326 e. The minimum atomic E-state index is -1.04. The number of amides is 2. The molecule has 7 nitrogen and oxygen atoms in total. The summed E-state index contributed by atoms with van der Waals surface area (Å²) in [5, 5.41) is 17.5. The summed E-state index contributed by atoms with van der Waals surface area (Å²) in [6.07, 6.45) is 1.78. The van der Waals surface area contributed by atoms with Crippen LogP contribution in [0.2, 0.25) is 0 Å². The maximum absolute atomic E-state index is 11.5. The lowest BCUT2D eigenvalue weighted by atomic mass is 10.0. The standard InChI is InChI=1S/C11H17N3O4/c1-7(2)5-9(10(15)16)13-11(17)12-6-8-3-4-18-14-8/h3-4,7,9H,5-6H2,1-2H3,(H,15,16)(H2,12,13,17)/t9-/m0/s1. The topological polar surface area (TPSA) is 104 Å². The molecule has 0 unspecified atom stereocenters. The molecule has 0 aliphatic heterocycles. The van der Waals surface area contributed by atoms with Gasteiger partial charge in [-0.25, -0.2) is 9.59 Å². The summed E-state index contributed by atoms with van der Waals surface area (Å²) < 4.78 is 4.60. The van der Waals surface area contributed by atoms with Crippen LogP contribution in [-0.2, 0) is 11.3 Å². The van der Waals surface area contributed by atoms with Crippen LogP contribution in [-0.4, -0.2) is 28.3 Å². The third-order valence-electron chi connectivity index (χ3n) is 2.23. The van der Waals surface area contributed by atoms with Crippen molar-refractivity contribution in [1.29, 1.82) is 0 Å². The highest BCUT2D eigenvalue weighted by atomic mass is 16.5. The first-order valence-electron chi connectivity index (χ1n) is 5.65. The fraction of sp³-hybridized carbons (Fsp3) is 0.545. The Morgan fingerprint density at radius 2 is 2.22 bits per heavy atom. The summed E-state index contributed by atoms with van der Waals surface area (Å²) in [6.45, 7) is 3.98. The predicted octanol–water partition coefficient (Wildman–Crippen LogP) is 0.973. The Bertz CT molecular complexity index is 389. The normalized spacial score (nSPS) is 12.2. The van der Waals surface area contributed by atoms with Gasteiger partial charge in [-0.2, -0.15) is 0 Å². The number of carbonyl (C=O) groups excluding carboxylic acids is 1. The molecule has 2 amide bonds. The van der Waals surface area contributed by atoms with E-state index in [2.05, 4.69) is 20.3 Å². The first-order chi connectivity index (χ1) is 8.49. The molecule has 1 heterocycles. The summed E-state index contributed by atoms with van der Waals surface area (Å²) >= 11 is 0. The Hall–Kier alpha value is -2.05. The minimum Gasteiger partial charge on any atom is -0.480 e. The fourth-order valence-electron chi connectivity index (χ4n) is 1.40. The van der Waals surface area contributed by atoms with Crippen molar-refractivity contribution in [2.75, 3.05) is 0 Å². The van der Waals surface area contributed by atoms with E-state index in [1.165, 1.54) is 6.26 Å². The van der Waals surface area contributed by atoms with Crippen LogP contribution >= 0.6 is 0 Å². The summed E-state index contributed by atoms with van der Waals surface area (Å²) in [5.74, 6) is -0.859. The van der Waals surface area contributed by atoms with E-state index in [-0.39, 0.29) is 12.5 Å². The number of aromatic nitrogens is 1. The van der Waals surface area contributed by atoms with Crippen molar-refractivity contribution in [2.24, 2.45) is 5.92 Å². The van der Waals surface area contributed by atoms with Gasteiger partial charge in [-0.3, -0.25) is 0 Å². The van der Waals surface area contributed by atoms with Crippen LogP contribution in [0.1, 0.15) is 26.0 Å². The van der Waals surface area contributed by atoms with Gasteiger partial charge in [0.15, 0.2) is 0 Å². The Morgan fingerprint density at radius 1 is 1.50 bits per heavy atom. The Labute approximate surface area is 105 Å². The van der Waals surface area contributed by atoms with Crippen molar-refractivity contribution >= 4 is 12.0 Å². The van der Waals surface area contributed by atoms with E-state index in [0.29, 0.717) is 12.1 Å². The number of rotatable bonds is 6. The number of carboxylic acids is 1. The average Bonchev–Trinajstić information content (AvgIpc) is 2.77. The zero-order chi connectivity index (χ0) is 13.5. The molecule has 1 aromatic heterocycles. The zero-order valence-corrected chi connectivity index (χ0v) is 10.3. The quantitative estimate of drug-likeness (QED) is 0.702. The number of aliphatic carboxylic acids is 1. The van der Waals surface area contributed by atoms with Gasteiger partial charge in [0.2, 0.25) is 0 Å². The number of carboxylic acid groups (broad SMARTS) is 1. The molecule has 0 aliphatic carbocycles. The molecule has 1 aromatic rings. The molecule has 1 atom stereocenters.